The average molecular weight is 347 g/mol. The Morgan fingerprint density at radius 3 is 2.30 bits per heavy atom. The summed E-state index contributed by atoms with van der Waals surface area (Å²) in [6.07, 6.45) is 0. The third-order valence-electron chi connectivity index (χ3n) is 2.71. The number of hydrogen-bond donors (Lipinski definition) is 2. The molecule has 2 aromatic carbocycles. The van der Waals surface area contributed by atoms with Crippen molar-refractivity contribution in [1.82, 2.24) is 9.97 Å². The van der Waals surface area contributed by atoms with Crippen molar-refractivity contribution in [3.8, 4) is 0 Å². The van der Waals surface area contributed by atoms with Crippen LogP contribution in [0, 0.1) is 0 Å². The second kappa shape index (κ2) is 5.34. The van der Waals surface area contributed by atoms with E-state index < -0.39 is 0 Å². The van der Waals surface area contributed by atoms with Crippen molar-refractivity contribution in [1.29, 1.82) is 0 Å². The van der Waals surface area contributed by atoms with E-state index in [1.54, 1.807) is 30.3 Å². The molecular formula is C13H7Cl4N3. The zero-order valence-corrected chi connectivity index (χ0v) is 12.9. The van der Waals surface area contributed by atoms with Gasteiger partial charge in [-0.15, -0.1) is 0 Å². The van der Waals surface area contributed by atoms with Crippen LogP contribution in [0.25, 0.3) is 11.0 Å². The number of benzene rings is 2. The highest BCUT2D eigenvalue weighted by Crippen LogP contribution is 2.29. The van der Waals surface area contributed by atoms with Gasteiger partial charge in [-0.2, -0.15) is 0 Å². The van der Waals surface area contributed by atoms with Gasteiger partial charge in [-0.1, -0.05) is 46.4 Å². The van der Waals surface area contributed by atoms with E-state index in [-0.39, 0.29) is 0 Å². The summed E-state index contributed by atoms with van der Waals surface area (Å²) in [6.45, 7) is 0. The lowest BCUT2D eigenvalue weighted by molar-refractivity contribution is 1.31. The number of H-pyrrole nitrogens is 1. The normalized spacial score (nSPS) is 11.0. The number of aromatic amines is 1. The molecule has 0 fully saturated rings. The van der Waals surface area contributed by atoms with Crippen molar-refractivity contribution in [3.05, 3.63) is 50.4 Å². The molecule has 1 heterocycles. The first-order valence-electron chi connectivity index (χ1n) is 5.60. The van der Waals surface area contributed by atoms with E-state index in [4.69, 9.17) is 46.4 Å². The molecule has 0 aliphatic rings. The number of hydrogen-bond acceptors (Lipinski definition) is 2. The van der Waals surface area contributed by atoms with Gasteiger partial charge >= 0.3 is 0 Å². The van der Waals surface area contributed by atoms with Gasteiger partial charge in [0.25, 0.3) is 0 Å². The summed E-state index contributed by atoms with van der Waals surface area (Å²) >= 11 is 23.8. The van der Waals surface area contributed by atoms with Crippen LogP contribution in [0.5, 0.6) is 0 Å². The third kappa shape index (κ3) is 2.67. The minimum Gasteiger partial charge on any atom is -0.326 e. The van der Waals surface area contributed by atoms with Crippen molar-refractivity contribution < 1.29 is 0 Å². The number of imidazole rings is 1. The Morgan fingerprint density at radius 2 is 1.55 bits per heavy atom. The van der Waals surface area contributed by atoms with Crippen molar-refractivity contribution in [2.75, 3.05) is 5.32 Å². The first-order chi connectivity index (χ1) is 9.52. The lowest BCUT2D eigenvalue weighted by atomic mass is 10.3. The second-order valence-electron chi connectivity index (χ2n) is 4.12. The molecule has 3 aromatic rings. The van der Waals surface area contributed by atoms with Gasteiger partial charge < -0.3 is 10.3 Å². The number of aromatic nitrogens is 2. The maximum Gasteiger partial charge on any atom is 0.205 e. The van der Waals surface area contributed by atoms with Gasteiger partial charge in [-0.05, 0) is 30.3 Å². The van der Waals surface area contributed by atoms with E-state index in [0.29, 0.717) is 26.0 Å². The molecule has 3 rings (SSSR count). The minimum atomic E-state index is 0.465. The number of nitrogens with zero attached hydrogens (tertiary/aromatic N) is 1. The molecule has 0 unspecified atom stereocenters. The smallest absolute Gasteiger partial charge is 0.205 e. The zero-order valence-electron chi connectivity index (χ0n) is 9.85. The summed E-state index contributed by atoms with van der Waals surface area (Å²) in [7, 11) is 0. The van der Waals surface area contributed by atoms with Crippen molar-refractivity contribution >= 4 is 69.1 Å². The second-order valence-corrected chi connectivity index (χ2v) is 5.75. The SMILES string of the molecule is Clc1ccc(Nc2nc3cc(Cl)c(Cl)cc3[nH]2)cc1Cl. The average Bonchev–Trinajstić information content (AvgIpc) is 2.76. The monoisotopic (exact) mass is 345 g/mol. The lowest BCUT2D eigenvalue weighted by Gasteiger charge is -2.03. The van der Waals surface area contributed by atoms with Crippen molar-refractivity contribution in [2.45, 2.75) is 0 Å². The van der Waals surface area contributed by atoms with Crippen LogP contribution in [-0.4, -0.2) is 9.97 Å². The van der Waals surface area contributed by atoms with Crippen LogP contribution in [0.2, 0.25) is 20.1 Å². The van der Waals surface area contributed by atoms with Gasteiger partial charge in [0.15, 0.2) is 0 Å². The fourth-order valence-electron chi connectivity index (χ4n) is 1.77. The molecule has 102 valence electrons. The first-order valence-corrected chi connectivity index (χ1v) is 7.11. The summed E-state index contributed by atoms with van der Waals surface area (Å²) in [5, 5.41) is 5.02. The predicted molar refractivity (Wildman–Crippen MR) is 85.9 cm³/mol. The largest absolute Gasteiger partial charge is 0.326 e. The van der Waals surface area contributed by atoms with Gasteiger partial charge in [0.2, 0.25) is 5.95 Å². The van der Waals surface area contributed by atoms with E-state index in [0.717, 1.165) is 16.7 Å². The number of nitrogens with one attached hydrogen (secondary N) is 2. The Hall–Kier alpha value is -1.13. The highest BCUT2D eigenvalue weighted by molar-refractivity contribution is 6.43. The summed E-state index contributed by atoms with van der Waals surface area (Å²) < 4.78 is 0. The predicted octanol–water partition coefficient (Wildman–Crippen LogP) is 5.92. The molecule has 0 radical (unpaired) electrons. The Labute approximate surface area is 134 Å². The minimum absolute atomic E-state index is 0.465. The van der Waals surface area contributed by atoms with E-state index in [9.17, 15) is 0 Å². The Morgan fingerprint density at radius 1 is 0.850 bits per heavy atom. The molecule has 0 saturated heterocycles. The maximum absolute atomic E-state index is 5.96. The fourth-order valence-corrected chi connectivity index (χ4v) is 2.39. The molecule has 0 amide bonds. The zero-order chi connectivity index (χ0) is 14.3. The van der Waals surface area contributed by atoms with Crippen LogP contribution < -0.4 is 5.32 Å². The third-order valence-corrected chi connectivity index (χ3v) is 4.17. The van der Waals surface area contributed by atoms with E-state index >= 15 is 0 Å². The lowest BCUT2D eigenvalue weighted by Crippen LogP contribution is -1.91. The van der Waals surface area contributed by atoms with Crippen molar-refractivity contribution in [3.63, 3.8) is 0 Å². The molecule has 20 heavy (non-hydrogen) atoms. The number of fused-ring (bicyclic) bond motifs is 1. The molecule has 1 aromatic heterocycles. The molecule has 7 heteroatoms. The van der Waals surface area contributed by atoms with Crippen LogP contribution >= 0.6 is 46.4 Å². The molecule has 0 bridgehead atoms. The Kier molecular flexibility index (Phi) is 3.69. The highest BCUT2D eigenvalue weighted by atomic mass is 35.5. The summed E-state index contributed by atoms with van der Waals surface area (Å²) in [6, 6.07) is 8.67. The molecule has 0 atom stereocenters. The fraction of sp³-hybridized carbons (Fsp3) is 0. The van der Waals surface area contributed by atoms with Crippen LogP contribution in [0.15, 0.2) is 30.3 Å². The summed E-state index contributed by atoms with van der Waals surface area (Å²) in [4.78, 5) is 7.48. The number of anilines is 2. The van der Waals surface area contributed by atoms with Crippen LogP contribution in [0.4, 0.5) is 11.6 Å². The Bertz CT molecular complexity index is 759. The standard InChI is InChI=1S/C13H7Cl4N3/c14-7-2-1-6(3-8(7)15)18-13-19-11-4-9(16)10(17)5-12(11)20-13/h1-5H,(H2,18,19,20). The van der Waals surface area contributed by atoms with Gasteiger partial charge in [-0.25, -0.2) is 4.98 Å². The summed E-state index contributed by atoms with van der Waals surface area (Å²) in [5.74, 6) is 0.566. The highest BCUT2D eigenvalue weighted by Gasteiger charge is 2.07. The van der Waals surface area contributed by atoms with E-state index in [2.05, 4.69) is 15.3 Å². The molecule has 2 N–H and O–H groups in total. The number of halogens is 4. The van der Waals surface area contributed by atoms with Gasteiger partial charge in [-0.3, -0.25) is 0 Å². The molecule has 3 nitrogen and oxygen atoms in total. The molecule has 0 spiro atoms. The molecule has 0 aliphatic carbocycles. The van der Waals surface area contributed by atoms with Crippen LogP contribution in [0.1, 0.15) is 0 Å². The maximum atomic E-state index is 5.96. The molecule has 0 saturated carbocycles. The molecule has 0 aliphatic heterocycles. The summed E-state index contributed by atoms with van der Waals surface area (Å²) in [5.41, 5.74) is 2.29. The van der Waals surface area contributed by atoms with E-state index in [1.807, 2.05) is 0 Å². The number of rotatable bonds is 2. The van der Waals surface area contributed by atoms with Crippen molar-refractivity contribution in [2.24, 2.45) is 0 Å². The topological polar surface area (TPSA) is 40.7 Å². The van der Waals surface area contributed by atoms with E-state index in [1.165, 1.54) is 0 Å². The van der Waals surface area contributed by atoms with Gasteiger partial charge in [0, 0.05) is 5.69 Å². The van der Waals surface area contributed by atoms with Gasteiger partial charge in [0.1, 0.15) is 0 Å². The van der Waals surface area contributed by atoms with Gasteiger partial charge in [0.05, 0.1) is 31.1 Å². The molecular weight excluding hydrogens is 340 g/mol. The quantitative estimate of drug-likeness (QED) is 0.604. The van der Waals surface area contributed by atoms with Crippen LogP contribution in [0.3, 0.4) is 0 Å². The first kappa shape index (κ1) is 13.8. The Balaban J connectivity index is 1.96. The van der Waals surface area contributed by atoms with Crippen LogP contribution in [-0.2, 0) is 0 Å².